The predicted molar refractivity (Wildman–Crippen MR) is 77.0 cm³/mol. The van der Waals surface area contributed by atoms with Crippen LogP contribution < -0.4 is 5.32 Å². The number of hydrogen-bond acceptors (Lipinski definition) is 4. The molecule has 0 radical (unpaired) electrons. The molecule has 2 unspecified atom stereocenters. The van der Waals surface area contributed by atoms with Crippen LogP contribution in [-0.2, 0) is 9.84 Å². The molecule has 106 valence electrons. The fourth-order valence-corrected chi connectivity index (χ4v) is 3.34. The van der Waals surface area contributed by atoms with Gasteiger partial charge in [0.2, 0.25) is 0 Å². The maximum absolute atomic E-state index is 11.3. The summed E-state index contributed by atoms with van der Waals surface area (Å²) in [5.74, 6) is 0.711. The molecule has 1 aromatic rings. The molecule has 1 N–H and O–H groups in total. The zero-order valence-corrected chi connectivity index (χ0v) is 12.4. The minimum Gasteiger partial charge on any atom is -0.381 e. The molecule has 0 aliphatic heterocycles. The van der Waals surface area contributed by atoms with E-state index in [1.165, 1.54) is 38.4 Å². The summed E-state index contributed by atoms with van der Waals surface area (Å²) in [7, 11) is -3.21. The number of pyridine rings is 1. The number of aromatic nitrogens is 1. The Bertz CT molecular complexity index is 511. The van der Waals surface area contributed by atoms with Crippen molar-refractivity contribution in [3.63, 3.8) is 0 Å². The Morgan fingerprint density at radius 3 is 2.63 bits per heavy atom. The SMILES string of the molecule is CCC1CCCCC1Nc1ccc(S(C)(=O)=O)nc1. The third kappa shape index (κ3) is 3.69. The van der Waals surface area contributed by atoms with Crippen LogP contribution in [0.3, 0.4) is 0 Å². The quantitative estimate of drug-likeness (QED) is 0.922. The summed E-state index contributed by atoms with van der Waals surface area (Å²) in [5, 5.41) is 3.64. The second-order valence-electron chi connectivity index (χ2n) is 5.36. The van der Waals surface area contributed by atoms with Crippen LogP contribution in [0.1, 0.15) is 39.0 Å². The van der Waals surface area contributed by atoms with E-state index in [4.69, 9.17) is 0 Å². The van der Waals surface area contributed by atoms with Crippen LogP contribution in [0, 0.1) is 5.92 Å². The van der Waals surface area contributed by atoms with Crippen LogP contribution >= 0.6 is 0 Å². The average molecular weight is 282 g/mol. The highest BCUT2D eigenvalue weighted by molar-refractivity contribution is 7.90. The number of nitrogens with one attached hydrogen (secondary N) is 1. The van der Waals surface area contributed by atoms with Crippen molar-refractivity contribution in [1.82, 2.24) is 4.98 Å². The Hall–Kier alpha value is -1.10. The summed E-state index contributed by atoms with van der Waals surface area (Å²) < 4.78 is 22.7. The first-order chi connectivity index (χ1) is 9.00. The van der Waals surface area contributed by atoms with Gasteiger partial charge in [-0.15, -0.1) is 0 Å². The van der Waals surface area contributed by atoms with Gasteiger partial charge in [-0.3, -0.25) is 0 Å². The summed E-state index contributed by atoms with van der Waals surface area (Å²) >= 11 is 0. The zero-order valence-electron chi connectivity index (χ0n) is 11.6. The number of rotatable bonds is 4. The summed E-state index contributed by atoms with van der Waals surface area (Å²) in [4.78, 5) is 4.02. The Morgan fingerprint density at radius 2 is 2.05 bits per heavy atom. The molecule has 1 heterocycles. The zero-order chi connectivity index (χ0) is 13.9. The van der Waals surface area contributed by atoms with Crippen molar-refractivity contribution in [2.45, 2.75) is 50.1 Å². The summed E-state index contributed by atoms with van der Waals surface area (Å²) in [6.07, 6.45) is 9.04. The molecule has 4 nitrogen and oxygen atoms in total. The smallest absolute Gasteiger partial charge is 0.192 e. The lowest BCUT2D eigenvalue weighted by Crippen LogP contribution is -2.31. The van der Waals surface area contributed by atoms with Crippen molar-refractivity contribution < 1.29 is 8.42 Å². The molecule has 1 aliphatic rings. The van der Waals surface area contributed by atoms with E-state index in [9.17, 15) is 8.42 Å². The molecule has 2 atom stereocenters. The molecule has 0 amide bonds. The van der Waals surface area contributed by atoms with E-state index in [0.29, 0.717) is 12.0 Å². The molecule has 19 heavy (non-hydrogen) atoms. The van der Waals surface area contributed by atoms with E-state index in [-0.39, 0.29) is 5.03 Å². The highest BCUT2D eigenvalue weighted by Crippen LogP contribution is 2.29. The number of anilines is 1. The van der Waals surface area contributed by atoms with Crippen LogP contribution in [0.5, 0.6) is 0 Å². The normalized spacial score (nSPS) is 24.1. The molecule has 1 saturated carbocycles. The monoisotopic (exact) mass is 282 g/mol. The minimum atomic E-state index is -3.21. The molecule has 1 aromatic heterocycles. The standard InChI is InChI=1S/C14H22N2O2S/c1-3-11-6-4-5-7-13(11)16-12-8-9-14(15-10-12)19(2,17)18/h8-11,13,16H,3-7H2,1-2H3. The molecule has 1 aliphatic carbocycles. The molecule has 0 aromatic carbocycles. The van der Waals surface area contributed by atoms with Crippen LogP contribution in [0.25, 0.3) is 0 Å². The summed E-state index contributed by atoms with van der Waals surface area (Å²) in [5.41, 5.74) is 0.915. The first kappa shape index (κ1) is 14.3. The van der Waals surface area contributed by atoms with Gasteiger partial charge in [-0.25, -0.2) is 13.4 Å². The maximum Gasteiger partial charge on any atom is 0.192 e. The number of hydrogen-bond donors (Lipinski definition) is 1. The Labute approximate surface area is 115 Å². The topological polar surface area (TPSA) is 59.1 Å². The van der Waals surface area contributed by atoms with Crippen LogP contribution in [0.4, 0.5) is 5.69 Å². The van der Waals surface area contributed by atoms with Crippen LogP contribution in [0.2, 0.25) is 0 Å². The lowest BCUT2D eigenvalue weighted by Gasteiger charge is -2.32. The molecular weight excluding hydrogens is 260 g/mol. The van der Waals surface area contributed by atoms with Crippen molar-refractivity contribution in [2.24, 2.45) is 5.92 Å². The van der Waals surface area contributed by atoms with Gasteiger partial charge >= 0.3 is 0 Å². The summed E-state index contributed by atoms with van der Waals surface area (Å²) in [6.45, 7) is 2.23. The predicted octanol–water partition coefficient (Wildman–Crippen LogP) is 2.87. The van der Waals surface area contributed by atoms with Crippen molar-refractivity contribution in [2.75, 3.05) is 11.6 Å². The van der Waals surface area contributed by atoms with E-state index in [0.717, 1.165) is 5.69 Å². The molecule has 5 heteroatoms. The third-order valence-electron chi connectivity index (χ3n) is 3.90. The van der Waals surface area contributed by atoms with Crippen LogP contribution in [-0.4, -0.2) is 25.7 Å². The van der Waals surface area contributed by atoms with Gasteiger partial charge in [-0.2, -0.15) is 0 Å². The van der Waals surface area contributed by atoms with E-state index >= 15 is 0 Å². The molecule has 0 bridgehead atoms. The first-order valence-corrected chi connectivity index (χ1v) is 8.82. The Kier molecular flexibility index (Phi) is 4.45. The Morgan fingerprint density at radius 1 is 1.32 bits per heavy atom. The second kappa shape index (κ2) is 5.90. The van der Waals surface area contributed by atoms with Gasteiger partial charge in [0.1, 0.15) is 0 Å². The van der Waals surface area contributed by atoms with Gasteiger partial charge in [0, 0.05) is 12.3 Å². The highest BCUT2D eigenvalue weighted by atomic mass is 32.2. The van der Waals surface area contributed by atoms with Gasteiger partial charge in [-0.1, -0.05) is 26.2 Å². The fourth-order valence-electron chi connectivity index (χ4n) is 2.79. The van der Waals surface area contributed by atoms with Crippen molar-refractivity contribution in [3.8, 4) is 0 Å². The van der Waals surface area contributed by atoms with Gasteiger partial charge in [-0.05, 0) is 30.9 Å². The lowest BCUT2D eigenvalue weighted by atomic mass is 9.83. The summed E-state index contributed by atoms with van der Waals surface area (Å²) in [6, 6.07) is 3.87. The first-order valence-electron chi connectivity index (χ1n) is 6.93. The lowest BCUT2D eigenvalue weighted by molar-refractivity contribution is 0.317. The van der Waals surface area contributed by atoms with Crippen molar-refractivity contribution in [1.29, 1.82) is 0 Å². The maximum atomic E-state index is 11.3. The largest absolute Gasteiger partial charge is 0.381 e. The minimum absolute atomic E-state index is 0.133. The number of nitrogens with zero attached hydrogens (tertiary/aromatic N) is 1. The molecule has 0 saturated heterocycles. The van der Waals surface area contributed by atoms with E-state index in [1.54, 1.807) is 12.3 Å². The van der Waals surface area contributed by atoms with Crippen molar-refractivity contribution in [3.05, 3.63) is 18.3 Å². The number of sulfone groups is 1. The van der Waals surface area contributed by atoms with Crippen LogP contribution in [0.15, 0.2) is 23.4 Å². The molecule has 1 fully saturated rings. The van der Waals surface area contributed by atoms with E-state index < -0.39 is 9.84 Å². The molecule has 2 rings (SSSR count). The van der Waals surface area contributed by atoms with E-state index in [2.05, 4.69) is 17.2 Å². The molecule has 0 spiro atoms. The molecular formula is C14H22N2O2S. The fraction of sp³-hybridized carbons (Fsp3) is 0.643. The van der Waals surface area contributed by atoms with Gasteiger partial charge in [0.05, 0.1) is 11.9 Å². The average Bonchev–Trinajstić information content (AvgIpc) is 2.39. The van der Waals surface area contributed by atoms with Gasteiger partial charge < -0.3 is 5.32 Å². The highest BCUT2D eigenvalue weighted by Gasteiger charge is 2.23. The third-order valence-corrected chi connectivity index (χ3v) is 4.90. The van der Waals surface area contributed by atoms with Gasteiger partial charge in [0.15, 0.2) is 14.9 Å². The van der Waals surface area contributed by atoms with Gasteiger partial charge in [0.25, 0.3) is 0 Å². The Balaban J connectivity index is 2.06. The second-order valence-corrected chi connectivity index (χ2v) is 7.32. The van der Waals surface area contributed by atoms with Crippen molar-refractivity contribution >= 4 is 15.5 Å². The van der Waals surface area contributed by atoms with E-state index in [1.807, 2.05) is 6.07 Å².